The van der Waals surface area contributed by atoms with Crippen LogP contribution in [0, 0.1) is 0 Å². The van der Waals surface area contributed by atoms with Gasteiger partial charge in [-0.15, -0.1) is 0 Å². The van der Waals surface area contributed by atoms with Crippen LogP contribution in [0.4, 0.5) is 5.82 Å². The smallest absolute Gasteiger partial charge is 0.229 e. The van der Waals surface area contributed by atoms with Gasteiger partial charge in [-0.05, 0) is 36.8 Å². The van der Waals surface area contributed by atoms with Crippen LogP contribution >= 0.6 is 0 Å². The minimum absolute atomic E-state index is 0.150. The third-order valence-electron chi connectivity index (χ3n) is 2.84. The van der Waals surface area contributed by atoms with Gasteiger partial charge in [0, 0.05) is 0 Å². The fourth-order valence-corrected chi connectivity index (χ4v) is 1.88. The Labute approximate surface area is 123 Å². The number of rotatable bonds is 6. The summed E-state index contributed by atoms with van der Waals surface area (Å²) in [6.45, 7) is 2.39. The first-order chi connectivity index (χ1) is 10.2. The molecule has 2 aromatic rings. The molecule has 1 aromatic carbocycles. The van der Waals surface area contributed by atoms with E-state index in [1.165, 1.54) is 0 Å². The van der Waals surface area contributed by atoms with Crippen molar-refractivity contribution in [3.8, 4) is 5.75 Å². The van der Waals surface area contributed by atoms with Crippen LogP contribution in [0.15, 0.2) is 42.5 Å². The quantitative estimate of drug-likeness (QED) is 0.853. The van der Waals surface area contributed by atoms with Crippen LogP contribution in [0.5, 0.6) is 5.75 Å². The molecule has 0 aliphatic rings. The topological polar surface area (TPSA) is 71.5 Å². The molecule has 21 heavy (non-hydrogen) atoms. The highest BCUT2D eigenvalue weighted by Gasteiger charge is 2.06. The summed E-state index contributed by atoms with van der Waals surface area (Å²) in [7, 11) is 0. The summed E-state index contributed by atoms with van der Waals surface area (Å²) in [6.07, 6.45) is 0.261. The molecule has 0 spiro atoms. The van der Waals surface area contributed by atoms with Crippen LogP contribution in [-0.2, 0) is 17.8 Å². The Balaban J connectivity index is 1.94. The van der Waals surface area contributed by atoms with E-state index in [9.17, 15) is 4.79 Å². The zero-order chi connectivity index (χ0) is 15.1. The summed E-state index contributed by atoms with van der Waals surface area (Å²) < 4.78 is 5.35. The van der Waals surface area contributed by atoms with E-state index >= 15 is 0 Å². The molecule has 0 unspecified atom stereocenters. The lowest BCUT2D eigenvalue weighted by Crippen LogP contribution is -2.15. The minimum atomic E-state index is -0.151. The number of nitrogens with zero attached hydrogens (tertiary/aromatic N) is 1. The molecule has 0 aliphatic heterocycles. The van der Waals surface area contributed by atoms with E-state index in [0.717, 1.165) is 11.3 Å². The lowest BCUT2D eigenvalue weighted by molar-refractivity contribution is -0.115. The van der Waals surface area contributed by atoms with E-state index < -0.39 is 0 Å². The Kier molecular flexibility index (Phi) is 5.29. The van der Waals surface area contributed by atoms with Crippen molar-refractivity contribution < 1.29 is 14.6 Å². The molecule has 1 heterocycles. The Bertz CT molecular complexity index is 597. The molecule has 0 saturated carbocycles. The lowest BCUT2D eigenvalue weighted by Gasteiger charge is -2.07. The normalized spacial score (nSPS) is 10.2. The van der Waals surface area contributed by atoms with Gasteiger partial charge in [0.15, 0.2) is 0 Å². The first-order valence-electron chi connectivity index (χ1n) is 6.79. The average Bonchev–Trinajstić information content (AvgIpc) is 2.49. The molecule has 2 N–H and O–H groups in total. The SMILES string of the molecule is CCOc1ccc(CC(=O)Nc2cccc(CO)n2)cc1. The second-order valence-corrected chi connectivity index (χ2v) is 4.47. The van der Waals surface area contributed by atoms with Crippen molar-refractivity contribution in [3.05, 3.63) is 53.7 Å². The number of aliphatic hydroxyl groups is 1. The van der Waals surface area contributed by atoms with Crippen molar-refractivity contribution in [3.63, 3.8) is 0 Å². The number of hydrogen-bond acceptors (Lipinski definition) is 4. The molecule has 1 aromatic heterocycles. The van der Waals surface area contributed by atoms with Crippen molar-refractivity contribution in [2.45, 2.75) is 20.0 Å². The number of aliphatic hydroxyl groups excluding tert-OH is 1. The standard InChI is InChI=1S/C16H18N2O3/c1-2-21-14-8-6-12(7-9-14)10-16(20)18-15-5-3-4-13(11-19)17-15/h3-9,19H,2,10-11H2,1H3,(H,17,18,20). The van der Waals surface area contributed by atoms with Crippen molar-refractivity contribution in [2.24, 2.45) is 0 Å². The molecule has 5 nitrogen and oxygen atoms in total. The molecule has 5 heteroatoms. The number of pyridine rings is 1. The van der Waals surface area contributed by atoms with Gasteiger partial charge in [-0.25, -0.2) is 4.98 Å². The fourth-order valence-electron chi connectivity index (χ4n) is 1.88. The fraction of sp³-hybridized carbons (Fsp3) is 0.250. The number of nitrogens with one attached hydrogen (secondary N) is 1. The van der Waals surface area contributed by atoms with Crippen LogP contribution in [0.25, 0.3) is 0 Å². The van der Waals surface area contributed by atoms with E-state index in [-0.39, 0.29) is 18.9 Å². The van der Waals surface area contributed by atoms with Gasteiger partial charge in [0.2, 0.25) is 5.91 Å². The zero-order valence-electron chi connectivity index (χ0n) is 11.9. The highest BCUT2D eigenvalue weighted by molar-refractivity contribution is 5.91. The third-order valence-corrected chi connectivity index (χ3v) is 2.84. The first-order valence-corrected chi connectivity index (χ1v) is 6.79. The minimum Gasteiger partial charge on any atom is -0.494 e. The molecular weight excluding hydrogens is 268 g/mol. The van der Waals surface area contributed by atoms with Gasteiger partial charge < -0.3 is 15.2 Å². The molecule has 110 valence electrons. The molecule has 0 saturated heterocycles. The number of aromatic nitrogens is 1. The van der Waals surface area contributed by atoms with Crippen molar-refractivity contribution in [2.75, 3.05) is 11.9 Å². The van der Waals surface area contributed by atoms with Gasteiger partial charge in [0.25, 0.3) is 0 Å². The summed E-state index contributed by atoms with van der Waals surface area (Å²) in [5, 5.41) is 11.7. The predicted molar refractivity (Wildman–Crippen MR) is 80.1 cm³/mol. The zero-order valence-corrected chi connectivity index (χ0v) is 11.9. The maximum absolute atomic E-state index is 11.9. The van der Waals surface area contributed by atoms with Gasteiger partial charge in [0.1, 0.15) is 11.6 Å². The number of benzene rings is 1. The summed E-state index contributed by atoms with van der Waals surface area (Å²) in [6, 6.07) is 12.5. The monoisotopic (exact) mass is 286 g/mol. The van der Waals surface area contributed by atoms with Crippen molar-refractivity contribution >= 4 is 11.7 Å². The summed E-state index contributed by atoms with van der Waals surface area (Å²) >= 11 is 0. The molecule has 0 bridgehead atoms. The molecule has 0 aliphatic carbocycles. The van der Waals surface area contributed by atoms with Crippen LogP contribution in [0.1, 0.15) is 18.2 Å². The number of carbonyl (C=O) groups is 1. The third kappa shape index (κ3) is 4.57. The van der Waals surface area contributed by atoms with E-state index in [0.29, 0.717) is 18.1 Å². The lowest BCUT2D eigenvalue weighted by atomic mass is 10.1. The second kappa shape index (κ2) is 7.40. The molecular formula is C16H18N2O3. The molecule has 2 rings (SSSR count). The molecule has 0 atom stereocenters. The average molecular weight is 286 g/mol. The number of anilines is 1. The van der Waals surface area contributed by atoms with Crippen LogP contribution in [-0.4, -0.2) is 22.6 Å². The van der Waals surface area contributed by atoms with E-state index in [1.54, 1.807) is 18.2 Å². The van der Waals surface area contributed by atoms with Crippen LogP contribution in [0.2, 0.25) is 0 Å². The van der Waals surface area contributed by atoms with Gasteiger partial charge in [-0.3, -0.25) is 4.79 Å². The molecule has 0 radical (unpaired) electrons. The van der Waals surface area contributed by atoms with E-state index in [2.05, 4.69) is 10.3 Å². The van der Waals surface area contributed by atoms with Crippen molar-refractivity contribution in [1.29, 1.82) is 0 Å². The first kappa shape index (κ1) is 15.0. The summed E-state index contributed by atoms with van der Waals surface area (Å²) in [5.41, 5.74) is 1.42. The number of hydrogen-bond donors (Lipinski definition) is 2. The maximum atomic E-state index is 11.9. The van der Waals surface area contributed by atoms with Crippen molar-refractivity contribution in [1.82, 2.24) is 4.98 Å². The van der Waals surface area contributed by atoms with Crippen LogP contribution in [0.3, 0.4) is 0 Å². The number of carbonyl (C=O) groups excluding carboxylic acids is 1. The Morgan fingerprint density at radius 1 is 1.24 bits per heavy atom. The Hall–Kier alpha value is -2.40. The predicted octanol–water partition coefficient (Wildman–Crippen LogP) is 2.15. The highest BCUT2D eigenvalue weighted by atomic mass is 16.5. The van der Waals surface area contributed by atoms with Gasteiger partial charge in [-0.1, -0.05) is 18.2 Å². The van der Waals surface area contributed by atoms with Gasteiger partial charge >= 0.3 is 0 Å². The number of amides is 1. The van der Waals surface area contributed by atoms with Gasteiger partial charge in [0.05, 0.1) is 25.3 Å². The molecule has 0 fully saturated rings. The second-order valence-electron chi connectivity index (χ2n) is 4.47. The maximum Gasteiger partial charge on any atom is 0.229 e. The Morgan fingerprint density at radius 3 is 2.67 bits per heavy atom. The highest BCUT2D eigenvalue weighted by Crippen LogP contribution is 2.13. The van der Waals surface area contributed by atoms with Gasteiger partial charge in [-0.2, -0.15) is 0 Å². The largest absolute Gasteiger partial charge is 0.494 e. The van der Waals surface area contributed by atoms with Crippen LogP contribution < -0.4 is 10.1 Å². The van der Waals surface area contributed by atoms with E-state index in [4.69, 9.17) is 9.84 Å². The molecule has 1 amide bonds. The van der Waals surface area contributed by atoms with E-state index in [1.807, 2.05) is 31.2 Å². The summed E-state index contributed by atoms with van der Waals surface area (Å²) in [5.74, 6) is 1.08. The number of ether oxygens (including phenoxy) is 1. The summed E-state index contributed by atoms with van der Waals surface area (Å²) in [4.78, 5) is 16.1. The Morgan fingerprint density at radius 2 is 2.00 bits per heavy atom.